The number of nitrogens with zero attached hydrogens (tertiary/aromatic N) is 3. The van der Waals surface area contributed by atoms with Gasteiger partial charge >= 0.3 is 0 Å². The second-order valence-corrected chi connectivity index (χ2v) is 8.88. The lowest BCUT2D eigenvalue weighted by Crippen LogP contribution is -2.45. The number of ether oxygens (including phenoxy) is 1. The van der Waals surface area contributed by atoms with E-state index in [0.717, 1.165) is 43.5 Å². The monoisotopic (exact) mass is 549 g/mol. The molecule has 2 atom stereocenters. The topological polar surface area (TPSA) is 61.8 Å². The Morgan fingerprint density at radius 1 is 1.09 bits per heavy atom. The number of hydrogen-bond donors (Lipinski definition) is 2. The molecule has 1 saturated heterocycles. The van der Waals surface area contributed by atoms with Gasteiger partial charge in [0.1, 0.15) is 5.82 Å². The van der Waals surface area contributed by atoms with E-state index in [0.29, 0.717) is 6.54 Å². The lowest BCUT2D eigenvalue weighted by molar-refractivity contribution is -0.00545. The third-order valence-electron chi connectivity index (χ3n) is 6.15. The predicted molar refractivity (Wildman–Crippen MR) is 142 cm³/mol. The standard InChI is InChI=1S/C25H35N5O.HI/c1-4-26-24(29-18-25(12-13-25)22-8-6-5-7-9-22)28-15-21-10-11-23(27-14-21)30-16-19(2)31-20(3)17-30;/h5-11,14,19-20H,4,12-13,15-18H2,1-3H3,(H2,26,28,29);1H. The zero-order valence-electron chi connectivity index (χ0n) is 19.4. The minimum Gasteiger partial charge on any atom is -0.372 e. The van der Waals surface area contributed by atoms with Crippen molar-refractivity contribution in [2.45, 2.75) is 57.8 Å². The summed E-state index contributed by atoms with van der Waals surface area (Å²) in [4.78, 5) is 11.8. The lowest BCUT2D eigenvalue weighted by atomic mass is 9.96. The van der Waals surface area contributed by atoms with Crippen LogP contribution in [0.4, 0.5) is 5.82 Å². The Bertz CT molecular complexity index is 860. The molecule has 2 heterocycles. The van der Waals surface area contributed by atoms with Crippen molar-refractivity contribution in [1.82, 2.24) is 15.6 Å². The highest BCUT2D eigenvalue weighted by atomic mass is 127. The summed E-state index contributed by atoms with van der Waals surface area (Å²) in [5.41, 5.74) is 2.79. The van der Waals surface area contributed by atoms with Gasteiger partial charge in [0.25, 0.3) is 0 Å². The number of pyridine rings is 1. The molecule has 2 fully saturated rings. The Kier molecular flexibility index (Phi) is 8.76. The molecule has 1 aromatic heterocycles. The zero-order chi connectivity index (χ0) is 21.7. The average Bonchev–Trinajstić information content (AvgIpc) is 3.57. The van der Waals surface area contributed by atoms with Crippen LogP contribution in [0, 0.1) is 0 Å². The summed E-state index contributed by atoms with van der Waals surface area (Å²) < 4.78 is 5.83. The molecule has 0 bridgehead atoms. The fourth-order valence-corrected chi connectivity index (χ4v) is 4.34. The maximum atomic E-state index is 5.83. The second-order valence-electron chi connectivity index (χ2n) is 8.88. The van der Waals surface area contributed by atoms with E-state index in [1.165, 1.54) is 18.4 Å². The third-order valence-corrected chi connectivity index (χ3v) is 6.15. The molecule has 0 radical (unpaired) electrons. The zero-order valence-corrected chi connectivity index (χ0v) is 21.7. The van der Waals surface area contributed by atoms with E-state index in [9.17, 15) is 0 Å². The number of benzene rings is 1. The first kappa shape index (κ1) is 24.8. The van der Waals surface area contributed by atoms with E-state index < -0.39 is 0 Å². The van der Waals surface area contributed by atoms with Gasteiger partial charge in [-0.1, -0.05) is 36.4 Å². The molecular weight excluding hydrogens is 513 g/mol. The van der Waals surface area contributed by atoms with Crippen molar-refractivity contribution in [2.24, 2.45) is 4.99 Å². The number of rotatable bonds is 7. The van der Waals surface area contributed by atoms with Crippen LogP contribution in [0.2, 0.25) is 0 Å². The van der Waals surface area contributed by atoms with Crippen molar-refractivity contribution in [1.29, 1.82) is 0 Å². The summed E-state index contributed by atoms with van der Waals surface area (Å²) in [5, 5.41) is 6.94. The summed E-state index contributed by atoms with van der Waals surface area (Å²) >= 11 is 0. The highest BCUT2D eigenvalue weighted by molar-refractivity contribution is 14.0. The summed E-state index contributed by atoms with van der Waals surface area (Å²) in [7, 11) is 0. The first-order chi connectivity index (χ1) is 15.1. The SMILES string of the molecule is CCNC(=NCc1ccc(N2CC(C)OC(C)C2)nc1)NCC1(c2ccccc2)CC1.I. The average molecular weight is 550 g/mol. The molecule has 2 N–H and O–H groups in total. The molecule has 1 aliphatic heterocycles. The van der Waals surface area contributed by atoms with Gasteiger partial charge in [-0.15, -0.1) is 24.0 Å². The molecule has 1 aliphatic carbocycles. The van der Waals surface area contributed by atoms with E-state index in [1.807, 2.05) is 6.20 Å². The van der Waals surface area contributed by atoms with Crippen LogP contribution in [-0.2, 0) is 16.7 Å². The fourth-order valence-electron chi connectivity index (χ4n) is 4.34. The van der Waals surface area contributed by atoms with Gasteiger partial charge in [0.15, 0.2) is 5.96 Å². The van der Waals surface area contributed by atoms with Gasteiger partial charge in [-0.05, 0) is 50.8 Å². The number of nitrogens with one attached hydrogen (secondary N) is 2. The summed E-state index contributed by atoms with van der Waals surface area (Å²) in [6.07, 6.45) is 4.86. The van der Waals surface area contributed by atoms with Gasteiger partial charge in [0, 0.05) is 37.8 Å². The minimum absolute atomic E-state index is 0. The van der Waals surface area contributed by atoms with Crippen molar-refractivity contribution in [3.63, 3.8) is 0 Å². The Morgan fingerprint density at radius 2 is 1.81 bits per heavy atom. The van der Waals surface area contributed by atoms with Crippen molar-refractivity contribution >= 4 is 35.8 Å². The molecule has 2 aliphatic rings. The van der Waals surface area contributed by atoms with Crippen molar-refractivity contribution < 1.29 is 4.74 Å². The molecule has 0 spiro atoms. The van der Waals surface area contributed by atoms with E-state index in [4.69, 9.17) is 14.7 Å². The maximum absolute atomic E-state index is 5.83. The molecule has 7 heteroatoms. The van der Waals surface area contributed by atoms with Crippen LogP contribution in [0.1, 0.15) is 44.7 Å². The van der Waals surface area contributed by atoms with Crippen molar-refractivity contribution in [3.8, 4) is 0 Å². The molecule has 2 unspecified atom stereocenters. The van der Waals surface area contributed by atoms with Crippen LogP contribution >= 0.6 is 24.0 Å². The number of halogens is 1. The van der Waals surface area contributed by atoms with Crippen LogP contribution < -0.4 is 15.5 Å². The Balaban J connectivity index is 0.00000289. The fraction of sp³-hybridized carbons (Fsp3) is 0.520. The lowest BCUT2D eigenvalue weighted by Gasteiger charge is -2.36. The number of hydrogen-bond acceptors (Lipinski definition) is 4. The van der Waals surface area contributed by atoms with Crippen LogP contribution in [-0.4, -0.2) is 49.3 Å². The predicted octanol–water partition coefficient (Wildman–Crippen LogP) is 4.10. The number of aliphatic imine (C=N–C) groups is 1. The molecule has 1 aromatic carbocycles. The van der Waals surface area contributed by atoms with Gasteiger partial charge < -0.3 is 20.3 Å². The first-order valence-corrected chi connectivity index (χ1v) is 11.5. The number of anilines is 1. The quantitative estimate of drug-likeness (QED) is 0.310. The van der Waals surface area contributed by atoms with Gasteiger partial charge in [0.2, 0.25) is 0 Å². The molecule has 174 valence electrons. The van der Waals surface area contributed by atoms with E-state index in [1.54, 1.807) is 0 Å². The van der Waals surface area contributed by atoms with Gasteiger partial charge in [-0.25, -0.2) is 9.98 Å². The van der Waals surface area contributed by atoms with Crippen LogP contribution in [0.3, 0.4) is 0 Å². The molecule has 0 amide bonds. The van der Waals surface area contributed by atoms with Gasteiger partial charge in [-0.3, -0.25) is 0 Å². The van der Waals surface area contributed by atoms with E-state index in [2.05, 4.69) is 78.8 Å². The summed E-state index contributed by atoms with van der Waals surface area (Å²) in [5.74, 6) is 1.88. The highest BCUT2D eigenvalue weighted by Gasteiger charge is 2.44. The van der Waals surface area contributed by atoms with Gasteiger partial charge in [0.05, 0.1) is 18.8 Å². The van der Waals surface area contributed by atoms with E-state index >= 15 is 0 Å². The van der Waals surface area contributed by atoms with Crippen LogP contribution in [0.15, 0.2) is 53.7 Å². The minimum atomic E-state index is 0. The highest BCUT2D eigenvalue weighted by Crippen LogP contribution is 2.47. The molecule has 4 rings (SSSR count). The molecule has 2 aromatic rings. The Labute approximate surface area is 209 Å². The molecule has 1 saturated carbocycles. The van der Waals surface area contributed by atoms with Crippen molar-refractivity contribution in [2.75, 3.05) is 31.1 Å². The Morgan fingerprint density at radius 3 is 2.41 bits per heavy atom. The normalized spacial score (nSPS) is 22.1. The van der Waals surface area contributed by atoms with Crippen LogP contribution in [0.25, 0.3) is 0 Å². The second kappa shape index (κ2) is 11.3. The molecule has 32 heavy (non-hydrogen) atoms. The molecule has 6 nitrogen and oxygen atoms in total. The van der Waals surface area contributed by atoms with Crippen LogP contribution in [0.5, 0.6) is 0 Å². The van der Waals surface area contributed by atoms with Crippen molar-refractivity contribution in [3.05, 3.63) is 59.8 Å². The van der Waals surface area contributed by atoms with E-state index in [-0.39, 0.29) is 41.6 Å². The number of aromatic nitrogens is 1. The number of morpholine rings is 1. The first-order valence-electron chi connectivity index (χ1n) is 11.5. The summed E-state index contributed by atoms with van der Waals surface area (Å²) in [6, 6.07) is 15.0. The molecular formula is C25H36IN5O. The number of guanidine groups is 1. The third kappa shape index (κ3) is 6.34. The van der Waals surface area contributed by atoms with Gasteiger partial charge in [-0.2, -0.15) is 0 Å². The largest absolute Gasteiger partial charge is 0.372 e. The Hall–Kier alpha value is -1.87. The maximum Gasteiger partial charge on any atom is 0.191 e. The smallest absolute Gasteiger partial charge is 0.191 e. The summed E-state index contributed by atoms with van der Waals surface area (Å²) in [6.45, 7) is 10.5.